The van der Waals surface area contributed by atoms with E-state index in [2.05, 4.69) is 11.9 Å². The monoisotopic (exact) mass is 474 g/mol. The number of aliphatic hydroxyl groups is 1. The normalized spacial score (nSPS) is 12.1. The van der Waals surface area contributed by atoms with Crippen molar-refractivity contribution < 1.29 is 29.7 Å². The predicted octanol–water partition coefficient (Wildman–Crippen LogP) is 2.71. The van der Waals surface area contributed by atoms with E-state index in [0.29, 0.717) is 32.4 Å². The number of nitrogens with two attached hydrogens (primary N) is 2. The van der Waals surface area contributed by atoms with Gasteiger partial charge in [-0.05, 0) is 33.1 Å². The zero-order chi connectivity index (χ0) is 25.6. The van der Waals surface area contributed by atoms with Crippen molar-refractivity contribution in [3.8, 4) is 0 Å². The van der Waals surface area contributed by atoms with Crippen LogP contribution in [0.5, 0.6) is 0 Å². The molecular formula is C23H46N4O6. The molecule has 1 amide bonds. The first-order valence-corrected chi connectivity index (χ1v) is 12.1. The van der Waals surface area contributed by atoms with Crippen LogP contribution in [0.1, 0.15) is 97.8 Å². The maximum atomic E-state index is 12.5. The number of rotatable bonds is 18. The van der Waals surface area contributed by atoms with Gasteiger partial charge in [0.15, 0.2) is 5.96 Å². The summed E-state index contributed by atoms with van der Waals surface area (Å²) in [5, 5.41) is 25.3. The van der Waals surface area contributed by atoms with Gasteiger partial charge < -0.3 is 31.7 Å². The molecule has 0 fully saturated rings. The molecule has 2 atom stereocenters. The number of carboxylic acid groups (broad SMARTS) is 2. The number of likely N-dealkylation sites (N-methyl/N-ethyl adjacent to an activating group) is 1. The molecule has 0 saturated heterocycles. The molecule has 0 bridgehead atoms. The van der Waals surface area contributed by atoms with Gasteiger partial charge in [0.1, 0.15) is 12.1 Å². The fourth-order valence-electron chi connectivity index (χ4n) is 3.21. The number of aliphatic hydroxyl groups excluding tert-OH is 1. The van der Waals surface area contributed by atoms with Crippen LogP contribution in [0, 0.1) is 0 Å². The van der Waals surface area contributed by atoms with Crippen molar-refractivity contribution in [2.45, 2.75) is 110 Å². The lowest BCUT2D eigenvalue weighted by Crippen LogP contribution is -2.45. The summed E-state index contributed by atoms with van der Waals surface area (Å²) in [6.07, 6.45) is 10.8. The third-order valence-electron chi connectivity index (χ3n) is 5.10. The number of aliphatic imine (C=N–C) groups is 1. The highest BCUT2D eigenvalue weighted by Gasteiger charge is 2.27. The Kier molecular flexibility index (Phi) is 21.4. The average Bonchev–Trinajstić information content (AvgIpc) is 2.74. The lowest BCUT2D eigenvalue weighted by atomic mass is 10.1. The molecule has 7 N–H and O–H groups in total. The van der Waals surface area contributed by atoms with Gasteiger partial charge in [0, 0.05) is 19.5 Å². The summed E-state index contributed by atoms with van der Waals surface area (Å²) in [4.78, 5) is 38.8. The Labute approximate surface area is 198 Å². The summed E-state index contributed by atoms with van der Waals surface area (Å²) in [5.41, 5.74) is 10.5. The summed E-state index contributed by atoms with van der Waals surface area (Å²) >= 11 is 0. The molecule has 0 aliphatic rings. The van der Waals surface area contributed by atoms with Crippen molar-refractivity contribution in [3.63, 3.8) is 0 Å². The van der Waals surface area contributed by atoms with Crippen LogP contribution in [0.2, 0.25) is 0 Å². The van der Waals surface area contributed by atoms with Crippen LogP contribution < -0.4 is 11.5 Å². The molecule has 33 heavy (non-hydrogen) atoms. The number of hydrogen-bond donors (Lipinski definition) is 5. The first kappa shape index (κ1) is 32.8. The first-order chi connectivity index (χ1) is 15.6. The Balaban J connectivity index is 0. The lowest BCUT2D eigenvalue weighted by molar-refractivity contribution is -0.150. The van der Waals surface area contributed by atoms with Crippen molar-refractivity contribution >= 4 is 23.8 Å². The lowest BCUT2D eigenvalue weighted by Gasteiger charge is -2.28. The average molecular weight is 475 g/mol. The van der Waals surface area contributed by atoms with E-state index < -0.39 is 24.1 Å². The fraction of sp³-hybridized carbons (Fsp3) is 0.826. The van der Waals surface area contributed by atoms with Gasteiger partial charge in [-0.25, -0.2) is 9.59 Å². The number of carbonyl (C=O) groups excluding carboxylic acids is 1. The van der Waals surface area contributed by atoms with Crippen LogP contribution in [0.15, 0.2) is 4.99 Å². The molecule has 0 rings (SSSR count). The van der Waals surface area contributed by atoms with E-state index in [1.165, 1.54) is 50.3 Å². The standard InChI is InChI=1S/C20H40N4O3.C3H6O3/c1-3-5-6-7-8-9-10-11-12-15-18(25)24(4-2)17(19(26)27)14-13-16-23-20(21)22;1-2(4)3(5)6/h17H,3-16H2,1-2H3,(H,26,27)(H4,21,22,23);2,4H,1H3,(H,5,6). The Morgan fingerprint density at radius 3 is 1.73 bits per heavy atom. The number of aliphatic carboxylic acids is 2. The number of hydrogen-bond acceptors (Lipinski definition) is 5. The maximum absolute atomic E-state index is 12.5. The molecule has 2 unspecified atom stereocenters. The second-order valence-corrected chi connectivity index (χ2v) is 8.08. The molecular weight excluding hydrogens is 428 g/mol. The van der Waals surface area contributed by atoms with Gasteiger partial charge in [-0.15, -0.1) is 0 Å². The first-order valence-electron chi connectivity index (χ1n) is 12.1. The number of carboxylic acids is 2. The Bertz CT molecular complexity index is 565. The smallest absolute Gasteiger partial charge is 0.332 e. The van der Waals surface area contributed by atoms with Crippen molar-refractivity contribution in [1.29, 1.82) is 0 Å². The van der Waals surface area contributed by atoms with E-state index in [-0.39, 0.29) is 11.9 Å². The molecule has 10 nitrogen and oxygen atoms in total. The van der Waals surface area contributed by atoms with Crippen LogP contribution in [-0.2, 0) is 14.4 Å². The van der Waals surface area contributed by atoms with Crippen molar-refractivity contribution in [1.82, 2.24) is 4.90 Å². The molecule has 0 saturated carbocycles. The Morgan fingerprint density at radius 1 is 0.848 bits per heavy atom. The summed E-state index contributed by atoms with van der Waals surface area (Å²) in [6, 6.07) is -0.810. The minimum absolute atomic E-state index is 0.00402. The molecule has 0 aliphatic carbocycles. The second kappa shape index (κ2) is 21.5. The number of nitrogens with zero attached hydrogens (tertiary/aromatic N) is 2. The van der Waals surface area contributed by atoms with E-state index in [1.54, 1.807) is 0 Å². The van der Waals surface area contributed by atoms with Gasteiger partial charge in [-0.3, -0.25) is 9.79 Å². The van der Waals surface area contributed by atoms with Gasteiger partial charge in [0.2, 0.25) is 5.91 Å². The number of guanidine groups is 1. The van der Waals surface area contributed by atoms with E-state index in [4.69, 9.17) is 21.7 Å². The van der Waals surface area contributed by atoms with Gasteiger partial charge >= 0.3 is 11.9 Å². The highest BCUT2D eigenvalue weighted by atomic mass is 16.4. The molecule has 0 spiro atoms. The van der Waals surface area contributed by atoms with Gasteiger partial charge in [0.05, 0.1) is 0 Å². The quantitative estimate of drug-likeness (QED) is 0.114. The van der Waals surface area contributed by atoms with Gasteiger partial charge in [-0.2, -0.15) is 0 Å². The number of carbonyl (C=O) groups is 3. The van der Waals surface area contributed by atoms with Crippen molar-refractivity contribution in [2.75, 3.05) is 13.1 Å². The zero-order valence-electron chi connectivity index (χ0n) is 20.7. The molecule has 0 aromatic heterocycles. The highest BCUT2D eigenvalue weighted by Crippen LogP contribution is 2.14. The number of unbranched alkanes of at least 4 members (excludes halogenated alkanes) is 8. The van der Waals surface area contributed by atoms with Crippen LogP contribution >= 0.6 is 0 Å². The van der Waals surface area contributed by atoms with Crippen LogP contribution in [0.3, 0.4) is 0 Å². The van der Waals surface area contributed by atoms with E-state index >= 15 is 0 Å². The van der Waals surface area contributed by atoms with E-state index in [0.717, 1.165) is 19.3 Å². The van der Waals surface area contributed by atoms with E-state index in [9.17, 15) is 19.5 Å². The zero-order valence-corrected chi connectivity index (χ0v) is 20.7. The van der Waals surface area contributed by atoms with Gasteiger partial charge in [-0.1, -0.05) is 58.3 Å². The van der Waals surface area contributed by atoms with Crippen LogP contribution in [0.4, 0.5) is 0 Å². The third kappa shape index (κ3) is 20.0. The SMILES string of the molecule is CC(O)C(=O)O.CCCCCCCCCCCC(=O)N(CC)C(CCCN=C(N)N)C(=O)O. The minimum Gasteiger partial charge on any atom is -0.480 e. The van der Waals surface area contributed by atoms with Crippen molar-refractivity contribution in [2.24, 2.45) is 16.5 Å². The molecule has 0 aromatic rings. The fourth-order valence-corrected chi connectivity index (χ4v) is 3.21. The second-order valence-electron chi connectivity index (χ2n) is 8.08. The minimum atomic E-state index is -1.23. The summed E-state index contributed by atoms with van der Waals surface area (Å²) in [5.74, 6) is -2.23. The van der Waals surface area contributed by atoms with Gasteiger partial charge in [0.25, 0.3) is 0 Å². The summed E-state index contributed by atoms with van der Waals surface area (Å²) in [7, 11) is 0. The molecule has 0 aromatic carbocycles. The topological polar surface area (TPSA) is 180 Å². The summed E-state index contributed by atoms with van der Waals surface area (Å²) < 4.78 is 0. The molecule has 0 radical (unpaired) electrons. The van der Waals surface area contributed by atoms with E-state index in [1.807, 2.05) is 6.92 Å². The molecule has 194 valence electrons. The van der Waals surface area contributed by atoms with Crippen LogP contribution in [-0.4, -0.2) is 69.3 Å². The molecule has 10 heteroatoms. The predicted molar refractivity (Wildman–Crippen MR) is 130 cm³/mol. The Morgan fingerprint density at radius 2 is 1.33 bits per heavy atom. The third-order valence-corrected chi connectivity index (χ3v) is 5.10. The summed E-state index contributed by atoms with van der Waals surface area (Å²) in [6.45, 7) is 6.00. The van der Waals surface area contributed by atoms with Crippen LogP contribution in [0.25, 0.3) is 0 Å². The molecule has 0 aliphatic heterocycles. The largest absolute Gasteiger partial charge is 0.480 e. The maximum Gasteiger partial charge on any atom is 0.332 e. The van der Waals surface area contributed by atoms with Crippen molar-refractivity contribution in [3.05, 3.63) is 0 Å². The number of amides is 1. The highest BCUT2D eigenvalue weighted by molar-refractivity contribution is 5.83. The Hall–Kier alpha value is -2.36. The molecule has 0 heterocycles.